The number of hydrogen-bond acceptors (Lipinski definition) is 7. The number of fused-ring (bicyclic) bond motifs is 2. The SMILES string of the molecule is COc1ccc2nc(C(Cc3cccc(C(=N)N)c3)NS(=O)(=O)c3ccc4[nH]c(=O)[nH]c4c3)sc2c1. The van der Waals surface area contributed by atoms with Crippen LogP contribution in [0.3, 0.4) is 0 Å². The van der Waals surface area contributed by atoms with E-state index in [0.29, 0.717) is 27.4 Å². The Morgan fingerprint density at radius 1 is 1.14 bits per heavy atom. The van der Waals surface area contributed by atoms with Gasteiger partial charge >= 0.3 is 5.69 Å². The predicted molar refractivity (Wildman–Crippen MR) is 139 cm³/mol. The van der Waals surface area contributed by atoms with Gasteiger partial charge < -0.3 is 20.4 Å². The number of hydrogen-bond donors (Lipinski definition) is 5. The zero-order chi connectivity index (χ0) is 25.4. The first-order chi connectivity index (χ1) is 17.2. The molecule has 0 aliphatic carbocycles. The molecule has 36 heavy (non-hydrogen) atoms. The first-order valence-corrected chi connectivity index (χ1v) is 13.1. The third kappa shape index (κ3) is 4.73. The topological polar surface area (TPSA) is 167 Å². The van der Waals surface area contributed by atoms with Gasteiger partial charge in [-0.2, -0.15) is 0 Å². The van der Waals surface area contributed by atoms with Crippen molar-refractivity contribution in [2.45, 2.75) is 17.4 Å². The third-order valence-electron chi connectivity index (χ3n) is 5.68. The molecule has 184 valence electrons. The normalized spacial score (nSPS) is 12.7. The molecule has 5 rings (SSSR count). The number of imidazole rings is 1. The summed E-state index contributed by atoms with van der Waals surface area (Å²) in [6.45, 7) is 0. The molecular formula is C24H22N6O4S2. The van der Waals surface area contributed by atoms with Gasteiger partial charge in [-0.1, -0.05) is 18.2 Å². The van der Waals surface area contributed by atoms with Crippen molar-refractivity contribution in [2.24, 2.45) is 5.73 Å². The minimum Gasteiger partial charge on any atom is -0.497 e. The van der Waals surface area contributed by atoms with E-state index in [1.807, 2.05) is 18.2 Å². The number of nitrogens with two attached hydrogens (primary N) is 1. The largest absolute Gasteiger partial charge is 0.497 e. The fourth-order valence-electron chi connectivity index (χ4n) is 3.91. The minimum atomic E-state index is -4.00. The lowest BCUT2D eigenvalue weighted by Crippen LogP contribution is -2.30. The van der Waals surface area contributed by atoms with Crippen molar-refractivity contribution in [3.63, 3.8) is 0 Å². The van der Waals surface area contributed by atoms with Gasteiger partial charge in [0.1, 0.15) is 16.6 Å². The number of nitrogen functional groups attached to an aromatic ring is 1. The summed E-state index contributed by atoms with van der Waals surface area (Å²) in [5.41, 5.74) is 8.20. The molecule has 5 aromatic rings. The Labute approximate surface area is 209 Å². The van der Waals surface area contributed by atoms with Gasteiger partial charge in [-0.05, 0) is 54.4 Å². The van der Waals surface area contributed by atoms with Crippen LogP contribution >= 0.6 is 11.3 Å². The molecule has 0 saturated heterocycles. The van der Waals surface area contributed by atoms with Gasteiger partial charge in [-0.25, -0.2) is 22.9 Å². The average molecular weight is 523 g/mol. The first kappa shape index (κ1) is 23.7. The van der Waals surface area contributed by atoms with E-state index in [0.717, 1.165) is 15.8 Å². The van der Waals surface area contributed by atoms with E-state index in [4.69, 9.17) is 15.9 Å². The summed E-state index contributed by atoms with van der Waals surface area (Å²) < 4.78 is 35.8. The van der Waals surface area contributed by atoms with Crippen LogP contribution in [0.25, 0.3) is 21.3 Å². The molecule has 2 heterocycles. The number of aromatic nitrogens is 3. The van der Waals surface area contributed by atoms with Crippen molar-refractivity contribution in [3.05, 3.63) is 87.3 Å². The molecule has 1 atom stereocenters. The number of sulfonamides is 1. The Bertz CT molecular complexity index is 1770. The van der Waals surface area contributed by atoms with Gasteiger partial charge in [0, 0.05) is 5.56 Å². The summed E-state index contributed by atoms with van der Waals surface area (Å²) in [5.74, 6) is 0.604. The number of H-pyrrole nitrogens is 2. The van der Waals surface area contributed by atoms with Crippen LogP contribution in [-0.2, 0) is 16.4 Å². The summed E-state index contributed by atoms with van der Waals surface area (Å²) in [4.78, 5) is 21.5. The van der Waals surface area contributed by atoms with Crippen molar-refractivity contribution in [1.82, 2.24) is 19.7 Å². The van der Waals surface area contributed by atoms with Gasteiger partial charge in [0.2, 0.25) is 10.0 Å². The molecule has 0 fully saturated rings. The van der Waals surface area contributed by atoms with Crippen LogP contribution in [0, 0.1) is 5.41 Å². The lowest BCUT2D eigenvalue weighted by Gasteiger charge is -2.17. The molecule has 0 aliphatic heterocycles. The van der Waals surface area contributed by atoms with Crippen molar-refractivity contribution in [3.8, 4) is 5.75 Å². The van der Waals surface area contributed by atoms with Crippen LogP contribution < -0.4 is 20.9 Å². The number of aromatic amines is 2. The molecule has 10 nitrogen and oxygen atoms in total. The lowest BCUT2D eigenvalue weighted by atomic mass is 10.0. The second-order valence-corrected chi connectivity index (χ2v) is 10.9. The second-order valence-electron chi connectivity index (χ2n) is 8.16. The zero-order valence-electron chi connectivity index (χ0n) is 19.0. The lowest BCUT2D eigenvalue weighted by molar-refractivity contribution is 0.415. The van der Waals surface area contributed by atoms with Crippen LogP contribution in [0.1, 0.15) is 22.2 Å². The van der Waals surface area contributed by atoms with Gasteiger partial charge in [0.25, 0.3) is 0 Å². The van der Waals surface area contributed by atoms with Crippen LogP contribution in [0.5, 0.6) is 5.75 Å². The molecule has 0 spiro atoms. The van der Waals surface area contributed by atoms with E-state index in [1.165, 1.54) is 29.5 Å². The standard InChI is InChI=1S/C24H22N6O4S2/c1-34-15-5-7-18-21(11-15)35-23(27-18)20(10-13-3-2-4-14(9-13)22(25)26)30-36(32,33)16-6-8-17-19(12-16)29-24(31)28-17/h2-9,11-12,20,30H,10H2,1H3,(H3,25,26)(H2,28,29,31). The van der Waals surface area contributed by atoms with Crippen molar-refractivity contribution < 1.29 is 13.2 Å². The Morgan fingerprint density at radius 3 is 2.72 bits per heavy atom. The van der Waals surface area contributed by atoms with Crippen molar-refractivity contribution in [1.29, 1.82) is 5.41 Å². The summed E-state index contributed by atoms with van der Waals surface area (Å²) in [7, 11) is -2.42. The number of rotatable bonds is 8. The second kappa shape index (κ2) is 9.22. The molecule has 6 N–H and O–H groups in total. The minimum absolute atomic E-state index is 0.00974. The maximum atomic E-state index is 13.4. The number of amidine groups is 1. The smallest absolute Gasteiger partial charge is 0.323 e. The van der Waals surface area contributed by atoms with E-state index in [2.05, 4.69) is 19.7 Å². The molecule has 3 aromatic carbocycles. The van der Waals surface area contributed by atoms with E-state index in [9.17, 15) is 13.2 Å². The molecule has 0 aliphatic rings. The number of nitrogens with one attached hydrogen (secondary N) is 4. The summed E-state index contributed by atoms with van der Waals surface area (Å²) in [6, 6.07) is 16.3. The molecular weight excluding hydrogens is 500 g/mol. The molecule has 0 bridgehead atoms. The fourth-order valence-corrected chi connectivity index (χ4v) is 6.26. The molecule has 0 amide bonds. The summed E-state index contributed by atoms with van der Waals surface area (Å²) >= 11 is 1.37. The zero-order valence-corrected chi connectivity index (χ0v) is 20.7. The Kier molecular flexibility index (Phi) is 6.08. The molecule has 12 heteroatoms. The maximum Gasteiger partial charge on any atom is 0.323 e. The Morgan fingerprint density at radius 2 is 1.94 bits per heavy atom. The first-order valence-electron chi connectivity index (χ1n) is 10.8. The van der Waals surface area contributed by atoms with E-state index < -0.39 is 21.8 Å². The molecule has 0 radical (unpaired) electrons. The predicted octanol–water partition coefficient (Wildman–Crippen LogP) is 3.02. The molecule has 1 unspecified atom stereocenters. The highest BCUT2D eigenvalue weighted by Gasteiger charge is 2.25. The maximum absolute atomic E-state index is 13.4. The van der Waals surface area contributed by atoms with Crippen LogP contribution in [-0.4, -0.2) is 36.3 Å². The van der Waals surface area contributed by atoms with Gasteiger partial charge in [-0.3, -0.25) is 5.41 Å². The van der Waals surface area contributed by atoms with E-state index in [-0.39, 0.29) is 17.2 Å². The molecule has 2 aromatic heterocycles. The molecule has 0 saturated carbocycles. The number of thiazole rings is 1. The number of ether oxygens (including phenoxy) is 1. The Hall–Kier alpha value is -4.00. The van der Waals surface area contributed by atoms with E-state index >= 15 is 0 Å². The number of nitrogens with zero attached hydrogens (tertiary/aromatic N) is 1. The summed E-state index contributed by atoms with van der Waals surface area (Å²) in [5, 5.41) is 8.31. The third-order valence-corrected chi connectivity index (χ3v) is 8.28. The van der Waals surface area contributed by atoms with Crippen LogP contribution in [0.15, 0.2) is 70.4 Å². The van der Waals surface area contributed by atoms with Crippen LogP contribution in [0.4, 0.5) is 0 Å². The van der Waals surface area contributed by atoms with Crippen molar-refractivity contribution in [2.75, 3.05) is 7.11 Å². The van der Waals surface area contributed by atoms with Gasteiger partial charge in [0.15, 0.2) is 0 Å². The van der Waals surface area contributed by atoms with Crippen LogP contribution in [0.2, 0.25) is 0 Å². The highest BCUT2D eigenvalue weighted by molar-refractivity contribution is 7.89. The monoisotopic (exact) mass is 522 g/mol. The highest BCUT2D eigenvalue weighted by Crippen LogP contribution is 2.32. The average Bonchev–Trinajstić information content (AvgIpc) is 3.45. The number of benzene rings is 3. The van der Waals surface area contributed by atoms with E-state index in [1.54, 1.807) is 31.4 Å². The Balaban J connectivity index is 1.55. The fraction of sp³-hybridized carbons (Fsp3) is 0.125. The van der Waals surface area contributed by atoms with Gasteiger partial charge in [-0.15, -0.1) is 11.3 Å². The highest BCUT2D eigenvalue weighted by atomic mass is 32.2. The quantitative estimate of drug-likeness (QED) is 0.155. The number of methoxy groups -OCH3 is 1. The summed E-state index contributed by atoms with van der Waals surface area (Å²) in [6.07, 6.45) is 0.278. The van der Waals surface area contributed by atoms with Gasteiger partial charge in [0.05, 0.1) is 39.3 Å². The van der Waals surface area contributed by atoms with Crippen molar-refractivity contribution >= 4 is 48.4 Å².